The minimum absolute atomic E-state index is 0.0122. The molecule has 20 heavy (non-hydrogen) atoms. The number of thiocarbonyl (C=S) groups is 1. The maximum atomic E-state index is 12.4. The number of H-pyrrole nitrogens is 1. The van der Waals surface area contributed by atoms with Gasteiger partial charge in [-0.25, -0.2) is 13.1 Å². The Labute approximate surface area is 120 Å². The molecule has 1 aromatic carbocycles. The zero-order valence-corrected chi connectivity index (χ0v) is 12.1. The molecule has 0 bridgehead atoms. The van der Waals surface area contributed by atoms with E-state index in [1.165, 1.54) is 6.07 Å². The van der Waals surface area contributed by atoms with Crippen molar-refractivity contribution in [2.75, 3.05) is 0 Å². The number of benzene rings is 1. The highest BCUT2D eigenvalue weighted by atomic mass is 32.2. The minimum atomic E-state index is -3.80. The molecule has 0 aliphatic rings. The van der Waals surface area contributed by atoms with Gasteiger partial charge in [0.1, 0.15) is 4.99 Å². The Bertz CT molecular complexity index is 713. The fraction of sp³-hybridized carbons (Fsp3) is 0.200. The fourth-order valence-corrected chi connectivity index (χ4v) is 3.27. The number of tetrazole rings is 1. The van der Waals surface area contributed by atoms with Crippen LogP contribution in [0.2, 0.25) is 0 Å². The topological polar surface area (TPSA) is 127 Å². The molecule has 106 valence electrons. The fourth-order valence-electron chi connectivity index (χ4n) is 1.61. The van der Waals surface area contributed by atoms with Crippen LogP contribution in [0.4, 0.5) is 0 Å². The maximum absolute atomic E-state index is 12.4. The van der Waals surface area contributed by atoms with Gasteiger partial charge in [-0.2, -0.15) is 5.21 Å². The van der Waals surface area contributed by atoms with Crippen LogP contribution in [0.3, 0.4) is 0 Å². The van der Waals surface area contributed by atoms with Crippen LogP contribution in [0, 0.1) is 0 Å². The molecular weight excluding hydrogens is 300 g/mol. The van der Waals surface area contributed by atoms with Crippen LogP contribution >= 0.6 is 12.2 Å². The zero-order chi connectivity index (χ0) is 14.8. The van der Waals surface area contributed by atoms with E-state index in [0.29, 0.717) is 0 Å². The summed E-state index contributed by atoms with van der Waals surface area (Å²) in [5.74, 6) is 0.237. The molecule has 0 saturated heterocycles. The largest absolute Gasteiger partial charge is 0.389 e. The Morgan fingerprint density at radius 3 is 2.75 bits per heavy atom. The monoisotopic (exact) mass is 312 g/mol. The zero-order valence-electron chi connectivity index (χ0n) is 10.4. The van der Waals surface area contributed by atoms with E-state index in [2.05, 4.69) is 25.3 Å². The van der Waals surface area contributed by atoms with Gasteiger partial charge in [0.15, 0.2) is 5.82 Å². The quantitative estimate of drug-likeness (QED) is 0.656. The van der Waals surface area contributed by atoms with Gasteiger partial charge in [0.2, 0.25) is 10.0 Å². The van der Waals surface area contributed by atoms with Crippen LogP contribution in [-0.2, 0) is 10.0 Å². The Balaban J connectivity index is 2.34. The Kier molecular flexibility index (Phi) is 4.06. The third kappa shape index (κ3) is 2.98. The van der Waals surface area contributed by atoms with Crippen LogP contribution < -0.4 is 10.5 Å². The van der Waals surface area contributed by atoms with Gasteiger partial charge in [-0.15, -0.1) is 10.2 Å². The number of sulfonamides is 1. The van der Waals surface area contributed by atoms with Crippen molar-refractivity contribution in [1.82, 2.24) is 25.3 Å². The summed E-state index contributed by atoms with van der Waals surface area (Å²) in [6.07, 6.45) is 0. The molecule has 4 N–H and O–H groups in total. The van der Waals surface area contributed by atoms with Crippen molar-refractivity contribution in [1.29, 1.82) is 0 Å². The second-order valence-electron chi connectivity index (χ2n) is 3.97. The second-order valence-corrected chi connectivity index (χ2v) is 6.10. The molecule has 2 aromatic rings. The molecule has 0 spiro atoms. The van der Waals surface area contributed by atoms with Gasteiger partial charge < -0.3 is 5.73 Å². The summed E-state index contributed by atoms with van der Waals surface area (Å²) in [4.78, 5) is 0.0287. The lowest BCUT2D eigenvalue weighted by Crippen LogP contribution is -2.29. The van der Waals surface area contributed by atoms with Gasteiger partial charge in [-0.1, -0.05) is 35.6 Å². The first-order valence-corrected chi connectivity index (χ1v) is 7.45. The number of nitrogens with two attached hydrogens (primary N) is 1. The van der Waals surface area contributed by atoms with Gasteiger partial charge in [-0.3, -0.25) is 0 Å². The molecule has 0 radical (unpaired) electrons. The molecule has 1 heterocycles. The number of hydrogen-bond acceptors (Lipinski definition) is 6. The molecule has 8 nitrogen and oxygen atoms in total. The van der Waals surface area contributed by atoms with E-state index in [1.54, 1.807) is 25.1 Å². The standard InChI is InChI=1S/C10H12N6O2S2/c1-6(10-12-15-16-13-10)14-20(17,18)8-5-3-2-4-7(8)9(11)19/h2-6,14H,1H3,(H2,11,19)(H,12,13,15,16). The van der Waals surface area contributed by atoms with Crippen molar-refractivity contribution in [3.63, 3.8) is 0 Å². The molecule has 1 atom stereocenters. The normalized spacial score (nSPS) is 13.1. The van der Waals surface area contributed by atoms with Crippen molar-refractivity contribution < 1.29 is 8.42 Å². The summed E-state index contributed by atoms with van der Waals surface area (Å²) in [7, 11) is -3.80. The van der Waals surface area contributed by atoms with Crippen LogP contribution in [0.5, 0.6) is 0 Å². The molecule has 1 aromatic heterocycles. The number of hydrogen-bond donors (Lipinski definition) is 3. The van der Waals surface area contributed by atoms with Gasteiger partial charge >= 0.3 is 0 Å². The number of nitrogens with one attached hydrogen (secondary N) is 2. The van der Waals surface area contributed by atoms with E-state index in [4.69, 9.17) is 18.0 Å². The Morgan fingerprint density at radius 2 is 2.15 bits per heavy atom. The molecule has 0 amide bonds. The molecule has 0 aliphatic heterocycles. The summed E-state index contributed by atoms with van der Waals surface area (Å²) >= 11 is 4.86. The third-order valence-corrected chi connectivity index (χ3v) is 4.34. The van der Waals surface area contributed by atoms with Crippen LogP contribution in [0.25, 0.3) is 0 Å². The van der Waals surface area contributed by atoms with E-state index in [9.17, 15) is 8.42 Å². The van der Waals surface area contributed by atoms with E-state index < -0.39 is 16.1 Å². The van der Waals surface area contributed by atoms with Crippen molar-refractivity contribution in [2.24, 2.45) is 5.73 Å². The van der Waals surface area contributed by atoms with Crippen molar-refractivity contribution in [3.05, 3.63) is 35.7 Å². The summed E-state index contributed by atoms with van der Waals surface area (Å²) in [6, 6.07) is 5.60. The molecule has 10 heteroatoms. The summed E-state index contributed by atoms with van der Waals surface area (Å²) < 4.78 is 27.1. The molecule has 0 fully saturated rings. The number of aromatic amines is 1. The van der Waals surface area contributed by atoms with E-state index in [1.807, 2.05) is 0 Å². The summed E-state index contributed by atoms with van der Waals surface area (Å²) in [5, 5.41) is 13.1. The minimum Gasteiger partial charge on any atom is -0.389 e. The predicted molar refractivity (Wildman–Crippen MR) is 75.2 cm³/mol. The lowest BCUT2D eigenvalue weighted by atomic mass is 10.2. The van der Waals surface area contributed by atoms with Crippen LogP contribution in [0.15, 0.2) is 29.2 Å². The lowest BCUT2D eigenvalue weighted by molar-refractivity contribution is 0.560. The molecule has 0 saturated carbocycles. The third-order valence-electron chi connectivity index (χ3n) is 2.52. The lowest BCUT2D eigenvalue weighted by Gasteiger charge is -2.13. The first-order valence-electron chi connectivity index (χ1n) is 5.56. The summed E-state index contributed by atoms with van der Waals surface area (Å²) in [5.41, 5.74) is 5.82. The average molecular weight is 312 g/mol. The van der Waals surface area contributed by atoms with Crippen molar-refractivity contribution in [2.45, 2.75) is 17.9 Å². The van der Waals surface area contributed by atoms with Gasteiger partial charge in [-0.05, 0) is 13.0 Å². The van der Waals surface area contributed by atoms with Crippen LogP contribution in [0.1, 0.15) is 24.4 Å². The number of rotatable bonds is 5. The second kappa shape index (κ2) is 5.61. The smallest absolute Gasteiger partial charge is 0.241 e. The number of aromatic nitrogens is 4. The first-order chi connectivity index (χ1) is 9.42. The first kappa shape index (κ1) is 14.5. The molecular formula is C10H12N6O2S2. The van der Waals surface area contributed by atoms with Crippen molar-refractivity contribution in [3.8, 4) is 0 Å². The van der Waals surface area contributed by atoms with Gasteiger partial charge in [0.05, 0.1) is 10.9 Å². The highest BCUT2D eigenvalue weighted by Crippen LogP contribution is 2.18. The highest BCUT2D eigenvalue weighted by molar-refractivity contribution is 7.89. The Morgan fingerprint density at radius 1 is 1.45 bits per heavy atom. The molecule has 2 rings (SSSR count). The predicted octanol–water partition coefficient (Wildman–Crippen LogP) is -0.127. The van der Waals surface area contributed by atoms with Crippen LogP contribution in [-0.4, -0.2) is 34.0 Å². The maximum Gasteiger partial charge on any atom is 0.241 e. The van der Waals surface area contributed by atoms with E-state index >= 15 is 0 Å². The van der Waals surface area contributed by atoms with Crippen molar-refractivity contribution >= 4 is 27.2 Å². The molecule has 0 aliphatic carbocycles. The highest BCUT2D eigenvalue weighted by Gasteiger charge is 2.23. The SMILES string of the molecule is CC(NS(=O)(=O)c1ccccc1C(N)=S)c1nn[nH]n1. The van der Waals surface area contributed by atoms with E-state index in [-0.39, 0.29) is 21.3 Å². The molecule has 1 unspecified atom stereocenters. The Hall–Kier alpha value is -1.91. The number of nitrogens with zero attached hydrogens (tertiary/aromatic N) is 3. The average Bonchev–Trinajstić information content (AvgIpc) is 2.92. The van der Waals surface area contributed by atoms with E-state index in [0.717, 1.165) is 0 Å². The van der Waals surface area contributed by atoms with Gasteiger partial charge in [0.25, 0.3) is 0 Å². The summed E-state index contributed by atoms with van der Waals surface area (Å²) in [6.45, 7) is 1.60. The van der Waals surface area contributed by atoms with Gasteiger partial charge in [0, 0.05) is 5.56 Å².